The van der Waals surface area contributed by atoms with Gasteiger partial charge in [0.2, 0.25) is 5.95 Å². The fourth-order valence-electron chi connectivity index (χ4n) is 2.62. The number of aromatic nitrogens is 4. The highest BCUT2D eigenvalue weighted by atomic mass is 15.3. The van der Waals surface area contributed by atoms with E-state index in [1.165, 1.54) is 31.4 Å². The van der Waals surface area contributed by atoms with Crippen molar-refractivity contribution in [1.82, 2.24) is 25.5 Å². The van der Waals surface area contributed by atoms with Crippen LogP contribution in [-0.4, -0.2) is 47.4 Å². The number of anilines is 3. The van der Waals surface area contributed by atoms with Crippen molar-refractivity contribution in [2.45, 2.75) is 31.6 Å². The Kier molecular flexibility index (Phi) is 5.07. The third-order valence-electron chi connectivity index (χ3n) is 3.90. The summed E-state index contributed by atoms with van der Waals surface area (Å²) in [6.07, 6.45) is 6.80. The highest BCUT2D eigenvalue weighted by Crippen LogP contribution is 2.39. The lowest BCUT2D eigenvalue weighted by atomic mass is 10.3. The molecular formula is C16H25N7. The third kappa shape index (κ3) is 4.19. The van der Waals surface area contributed by atoms with Gasteiger partial charge in [-0.05, 0) is 45.8 Å². The SMILES string of the molecule is CNC.c1cc(Nc2cc(C3CC3)[nH]n2)nc(N2CCCC2)n1. The molecule has 2 aromatic rings. The molecule has 1 saturated carbocycles. The van der Waals surface area contributed by atoms with E-state index in [-0.39, 0.29) is 0 Å². The van der Waals surface area contributed by atoms with Crippen LogP contribution in [0, 0.1) is 0 Å². The first-order valence-corrected chi connectivity index (χ1v) is 8.29. The zero-order chi connectivity index (χ0) is 16.1. The van der Waals surface area contributed by atoms with Gasteiger partial charge in [0, 0.05) is 37.0 Å². The Hall–Kier alpha value is -2.15. The Labute approximate surface area is 136 Å². The van der Waals surface area contributed by atoms with Gasteiger partial charge in [0.05, 0.1) is 0 Å². The lowest BCUT2D eigenvalue weighted by Crippen LogP contribution is -2.20. The Morgan fingerprint density at radius 2 is 1.91 bits per heavy atom. The number of rotatable bonds is 4. The number of hydrogen-bond donors (Lipinski definition) is 3. The largest absolute Gasteiger partial charge is 0.341 e. The van der Waals surface area contributed by atoms with Crippen molar-refractivity contribution < 1.29 is 0 Å². The van der Waals surface area contributed by atoms with Gasteiger partial charge in [-0.3, -0.25) is 5.10 Å². The van der Waals surface area contributed by atoms with Gasteiger partial charge < -0.3 is 15.5 Å². The molecule has 2 aliphatic rings. The molecule has 2 aromatic heterocycles. The first-order chi connectivity index (χ1) is 11.3. The molecule has 124 valence electrons. The second-order valence-electron chi connectivity index (χ2n) is 6.04. The Morgan fingerprint density at radius 3 is 2.61 bits per heavy atom. The maximum absolute atomic E-state index is 4.57. The molecule has 3 N–H and O–H groups in total. The second kappa shape index (κ2) is 7.41. The molecule has 0 aromatic carbocycles. The fourth-order valence-corrected chi connectivity index (χ4v) is 2.62. The van der Waals surface area contributed by atoms with Crippen LogP contribution in [0.15, 0.2) is 18.3 Å². The van der Waals surface area contributed by atoms with E-state index in [0.717, 1.165) is 30.7 Å². The molecule has 0 spiro atoms. The lowest BCUT2D eigenvalue weighted by molar-refractivity contribution is 0.899. The molecule has 3 heterocycles. The summed E-state index contributed by atoms with van der Waals surface area (Å²) in [6, 6.07) is 3.96. The van der Waals surface area contributed by atoms with Gasteiger partial charge >= 0.3 is 0 Å². The standard InChI is InChI=1S/C14H18N6.C2H7N/c1-2-8-20(7-1)14-15-6-5-12(17-14)16-13-9-11(18-19-13)10-3-4-10;1-3-2/h5-6,9-10H,1-4,7-8H2,(H2,15,16,17,18,19);3H,1-2H3. The monoisotopic (exact) mass is 315 g/mol. The van der Waals surface area contributed by atoms with Crippen molar-refractivity contribution >= 4 is 17.6 Å². The Morgan fingerprint density at radius 1 is 1.17 bits per heavy atom. The minimum atomic E-state index is 0.684. The quantitative estimate of drug-likeness (QED) is 0.803. The highest BCUT2D eigenvalue weighted by molar-refractivity contribution is 5.53. The first kappa shape index (κ1) is 15.7. The minimum absolute atomic E-state index is 0.684. The molecule has 1 saturated heterocycles. The van der Waals surface area contributed by atoms with E-state index in [9.17, 15) is 0 Å². The van der Waals surface area contributed by atoms with Gasteiger partial charge in [-0.15, -0.1) is 0 Å². The van der Waals surface area contributed by atoms with Crippen LogP contribution >= 0.6 is 0 Å². The average Bonchev–Trinajstić information content (AvgIpc) is 3.07. The van der Waals surface area contributed by atoms with E-state index in [1.807, 2.05) is 20.2 Å². The Balaban J connectivity index is 0.000000485. The van der Waals surface area contributed by atoms with Crippen LogP contribution in [0.2, 0.25) is 0 Å². The van der Waals surface area contributed by atoms with Gasteiger partial charge in [-0.1, -0.05) is 0 Å². The molecule has 0 atom stereocenters. The molecule has 23 heavy (non-hydrogen) atoms. The molecule has 1 aliphatic heterocycles. The molecule has 0 bridgehead atoms. The normalized spacial score (nSPS) is 16.9. The van der Waals surface area contributed by atoms with Gasteiger partial charge in [-0.2, -0.15) is 10.1 Å². The number of H-pyrrole nitrogens is 1. The van der Waals surface area contributed by atoms with Gasteiger partial charge in [0.15, 0.2) is 5.82 Å². The molecule has 7 heteroatoms. The van der Waals surface area contributed by atoms with Crippen LogP contribution in [0.1, 0.15) is 37.3 Å². The van der Waals surface area contributed by atoms with Crippen molar-refractivity contribution in [3.05, 3.63) is 24.0 Å². The zero-order valence-corrected chi connectivity index (χ0v) is 13.8. The smallest absolute Gasteiger partial charge is 0.227 e. The van der Waals surface area contributed by atoms with Crippen molar-refractivity contribution in [2.24, 2.45) is 0 Å². The van der Waals surface area contributed by atoms with Gasteiger partial charge in [-0.25, -0.2) is 4.98 Å². The van der Waals surface area contributed by atoms with Gasteiger partial charge in [0.25, 0.3) is 0 Å². The minimum Gasteiger partial charge on any atom is -0.341 e. The topological polar surface area (TPSA) is 81.8 Å². The van der Waals surface area contributed by atoms with Crippen molar-refractivity contribution in [3.63, 3.8) is 0 Å². The zero-order valence-electron chi connectivity index (χ0n) is 13.8. The molecule has 0 amide bonds. The number of nitrogens with zero attached hydrogens (tertiary/aromatic N) is 4. The number of aromatic amines is 1. The first-order valence-electron chi connectivity index (χ1n) is 8.29. The van der Waals surface area contributed by atoms with E-state index in [4.69, 9.17) is 0 Å². The summed E-state index contributed by atoms with van der Waals surface area (Å²) in [7, 11) is 3.75. The van der Waals surface area contributed by atoms with E-state index < -0.39 is 0 Å². The van der Waals surface area contributed by atoms with E-state index in [1.54, 1.807) is 6.20 Å². The van der Waals surface area contributed by atoms with Crippen molar-refractivity contribution in [3.8, 4) is 0 Å². The molecule has 2 fully saturated rings. The van der Waals surface area contributed by atoms with Crippen molar-refractivity contribution in [2.75, 3.05) is 37.4 Å². The molecule has 0 unspecified atom stereocenters. The maximum atomic E-state index is 4.57. The Bertz CT molecular complexity index is 614. The van der Waals surface area contributed by atoms with E-state index in [2.05, 4.69) is 41.8 Å². The van der Waals surface area contributed by atoms with Crippen LogP contribution in [0.4, 0.5) is 17.6 Å². The van der Waals surface area contributed by atoms with Crippen LogP contribution in [0.25, 0.3) is 0 Å². The van der Waals surface area contributed by atoms with E-state index >= 15 is 0 Å². The predicted octanol–water partition coefficient (Wildman–Crippen LogP) is 2.26. The average molecular weight is 315 g/mol. The summed E-state index contributed by atoms with van der Waals surface area (Å²) in [5, 5.41) is 13.4. The van der Waals surface area contributed by atoms with E-state index in [0.29, 0.717) is 5.92 Å². The summed E-state index contributed by atoms with van der Waals surface area (Å²) in [4.78, 5) is 11.2. The van der Waals surface area contributed by atoms with Crippen LogP contribution in [0.5, 0.6) is 0 Å². The summed E-state index contributed by atoms with van der Waals surface area (Å²) in [6.45, 7) is 2.11. The molecule has 1 aliphatic carbocycles. The molecule has 4 rings (SSSR count). The summed E-state index contributed by atoms with van der Waals surface area (Å²) in [5.41, 5.74) is 1.22. The van der Waals surface area contributed by atoms with Gasteiger partial charge in [0.1, 0.15) is 5.82 Å². The highest BCUT2D eigenvalue weighted by Gasteiger charge is 2.25. The number of hydrogen-bond acceptors (Lipinski definition) is 6. The van der Waals surface area contributed by atoms with Crippen LogP contribution < -0.4 is 15.5 Å². The summed E-state index contributed by atoms with van der Waals surface area (Å²) < 4.78 is 0. The molecule has 7 nitrogen and oxygen atoms in total. The third-order valence-corrected chi connectivity index (χ3v) is 3.90. The predicted molar refractivity (Wildman–Crippen MR) is 92.3 cm³/mol. The second-order valence-corrected chi connectivity index (χ2v) is 6.04. The number of nitrogens with one attached hydrogen (secondary N) is 3. The maximum Gasteiger partial charge on any atom is 0.227 e. The lowest BCUT2D eigenvalue weighted by Gasteiger charge is -2.15. The fraction of sp³-hybridized carbons (Fsp3) is 0.562. The summed E-state index contributed by atoms with van der Waals surface area (Å²) in [5.74, 6) is 3.13. The summed E-state index contributed by atoms with van der Waals surface area (Å²) >= 11 is 0. The van der Waals surface area contributed by atoms with Crippen LogP contribution in [-0.2, 0) is 0 Å². The molecule has 0 radical (unpaired) electrons. The molecular weight excluding hydrogens is 290 g/mol. The van der Waals surface area contributed by atoms with Crippen LogP contribution in [0.3, 0.4) is 0 Å². The van der Waals surface area contributed by atoms with Crippen molar-refractivity contribution in [1.29, 1.82) is 0 Å².